The van der Waals surface area contributed by atoms with Gasteiger partial charge in [0.05, 0.1) is 31.3 Å². The van der Waals surface area contributed by atoms with Gasteiger partial charge in [-0.15, -0.1) is 0 Å². The standard InChI is InChI=1S/C17H26N4O2Si/c1-12(23-24(6,7)17(2,3)4)15-16(19-9-8-18-15)13-10-21-14(22-5)11-20-13/h8-12H,1-7H3. The van der Waals surface area contributed by atoms with Crippen LogP contribution in [-0.4, -0.2) is 35.4 Å². The molecule has 6 nitrogen and oxygen atoms in total. The molecule has 130 valence electrons. The molecule has 0 N–H and O–H groups in total. The van der Waals surface area contributed by atoms with Crippen LogP contribution in [0, 0.1) is 0 Å². The Morgan fingerprint density at radius 3 is 2.21 bits per heavy atom. The molecule has 2 aromatic heterocycles. The third-order valence-corrected chi connectivity index (χ3v) is 9.02. The number of aromatic nitrogens is 4. The van der Waals surface area contributed by atoms with Crippen molar-refractivity contribution in [2.75, 3.05) is 7.11 Å². The van der Waals surface area contributed by atoms with Crippen LogP contribution >= 0.6 is 0 Å². The van der Waals surface area contributed by atoms with Crippen LogP contribution in [0.5, 0.6) is 5.88 Å². The van der Waals surface area contributed by atoms with Crippen LogP contribution in [0.3, 0.4) is 0 Å². The zero-order chi connectivity index (χ0) is 18.0. The van der Waals surface area contributed by atoms with Crippen LogP contribution in [0.4, 0.5) is 0 Å². The molecule has 0 fully saturated rings. The Hall–Kier alpha value is -1.86. The highest BCUT2D eigenvalue weighted by atomic mass is 28.4. The average molecular weight is 347 g/mol. The fraction of sp³-hybridized carbons (Fsp3) is 0.529. The molecule has 0 saturated carbocycles. The molecule has 0 radical (unpaired) electrons. The number of hydrogen-bond acceptors (Lipinski definition) is 6. The molecule has 2 aromatic rings. The summed E-state index contributed by atoms with van der Waals surface area (Å²) in [7, 11) is -0.351. The van der Waals surface area contributed by atoms with E-state index in [4.69, 9.17) is 9.16 Å². The van der Waals surface area contributed by atoms with E-state index < -0.39 is 8.32 Å². The van der Waals surface area contributed by atoms with Crippen molar-refractivity contribution in [1.29, 1.82) is 0 Å². The quantitative estimate of drug-likeness (QED) is 0.761. The molecule has 0 amide bonds. The number of nitrogens with zero attached hydrogens (tertiary/aromatic N) is 4. The number of methoxy groups -OCH3 is 1. The van der Waals surface area contributed by atoms with Crippen LogP contribution < -0.4 is 4.74 Å². The van der Waals surface area contributed by atoms with Crippen molar-refractivity contribution in [3.05, 3.63) is 30.5 Å². The van der Waals surface area contributed by atoms with Crippen LogP contribution in [0.25, 0.3) is 11.4 Å². The lowest BCUT2D eigenvalue weighted by atomic mass is 10.2. The van der Waals surface area contributed by atoms with E-state index in [0.29, 0.717) is 17.3 Å². The maximum atomic E-state index is 6.46. The molecule has 0 aliphatic carbocycles. The third kappa shape index (κ3) is 3.96. The lowest BCUT2D eigenvalue weighted by molar-refractivity contribution is 0.198. The predicted molar refractivity (Wildman–Crippen MR) is 96.3 cm³/mol. The van der Waals surface area contributed by atoms with E-state index in [9.17, 15) is 0 Å². The van der Waals surface area contributed by atoms with Gasteiger partial charge < -0.3 is 9.16 Å². The largest absolute Gasteiger partial charge is 0.480 e. The van der Waals surface area contributed by atoms with Crippen molar-refractivity contribution in [2.45, 2.75) is 51.9 Å². The Labute approximate surface area is 144 Å². The first-order chi connectivity index (χ1) is 11.2. The van der Waals surface area contributed by atoms with Crippen LogP contribution in [-0.2, 0) is 4.43 Å². The summed E-state index contributed by atoms with van der Waals surface area (Å²) >= 11 is 0. The molecule has 1 unspecified atom stereocenters. The first-order valence-corrected chi connectivity index (χ1v) is 10.9. The molecule has 0 aliphatic rings. The zero-order valence-electron chi connectivity index (χ0n) is 15.5. The van der Waals surface area contributed by atoms with Gasteiger partial charge in [-0.3, -0.25) is 9.97 Å². The summed E-state index contributed by atoms with van der Waals surface area (Å²) < 4.78 is 11.5. The molecular weight excluding hydrogens is 320 g/mol. The smallest absolute Gasteiger partial charge is 0.232 e. The van der Waals surface area contributed by atoms with E-state index >= 15 is 0 Å². The van der Waals surface area contributed by atoms with Gasteiger partial charge >= 0.3 is 0 Å². The number of rotatable bonds is 5. The van der Waals surface area contributed by atoms with Crippen LogP contribution in [0.15, 0.2) is 24.8 Å². The molecule has 0 aliphatic heterocycles. The molecular formula is C17H26N4O2Si. The highest BCUT2D eigenvalue weighted by molar-refractivity contribution is 6.74. The summed E-state index contributed by atoms with van der Waals surface area (Å²) in [5.41, 5.74) is 2.13. The van der Waals surface area contributed by atoms with Gasteiger partial charge in [0.2, 0.25) is 5.88 Å². The Bertz CT molecular complexity index is 684. The van der Waals surface area contributed by atoms with Crippen molar-refractivity contribution >= 4 is 8.32 Å². The maximum absolute atomic E-state index is 6.46. The van der Waals surface area contributed by atoms with Crippen LogP contribution in [0.1, 0.15) is 39.5 Å². The van der Waals surface area contributed by atoms with Crippen molar-refractivity contribution in [2.24, 2.45) is 0 Å². The SMILES string of the molecule is COc1cnc(-c2nccnc2C(C)O[Si](C)(C)C(C)(C)C)cn1. The lowest BCUT2D eigenvalue weighted by Crippen LogP contribution is -2.41. The van der Waals surface area contributed by atoms with Gasteiger partial charge in [0.25, 0.3) is 0 Å². The highest BCUT2D eigenvalue weighted by Gasteiger charge is 2.39. The molecule has 0 spiro atoms. The summed E-state index contributed by atoms with van der Waals surface area (Å²) in [5, 5.41) is 0.129. The summed E-state index contributed by atoms with van der Waals surface area (Å²) in [6, 6.07) is 0. The fourth-order valence-corrected chi connectivity index (χ4v) is 3.41. The molecule has 0 saturated heterocycles. The summed E-state index contributed by atoms with van der Waals surface area (Å²) in [4.78, 5) is 17.5. The second-order valence-corrected chi connectivity index (χ2v) is 12.0. The van der Waals surface area contributed by atoms with Gasteiger partial charge in [-0.05, 0) is 25.1 Å². The summed E-state index contributed by atoms with van der Waals surface area (Å²) in [6.07, 6.45) is 6.39. The van der Waals surface area contributed by atoms with Gasteiger partial charge in [0, 0.05) is 12.4 Å². The molecule has 1 atom stereocenters. The van der Waals surface area contributed by atoms with Crippen molar-refractivity contribution in [3.8, 4) is 17.3 Å². The number of hydrogen-bond donors (Lipinski definition) is 0. The molecule has 0 aromatic carbocycles. The van der Waals surface area contributed by atoms with E-state index in [0.717, 1.165) is 5.69 Å². The molecule has 2 heterocycles. The monoisotopic (exact) mass is 346 g/mol. The van der Waals surface area contributed by atoms with Gasteiger partial charge in [-0.2, -0.15) is 0 Å². The minimum absolute atomic E-state index is 0.129. The summed E-state index contributed by atoms with van der Waals surface area (Å²) in [5.74, 6) is 0.467. The molecule has 2 rings (SSSR count). The van der Waals surface area contributed by atoms with Gasteiger partial charge in [0.15, 0.2) is 8.32 Å². The first-order valence-electron chi connectivity index (χ1n) is 8.01. The van der Waals surface area contributed by atoms with Gasteiger partial charge in [0.1, 0.15) is 11.4 Å². The lowest BCUT2D eigenvalue weighted by Gasteiger charge is -2.38. The second-order valence-electron chi connectivity index (χ2n) is 7.25. The topological polar surface area (TPSA) is 70.0 Å². The average Bonchev–Trinajstić information content (AvgIpc) is 2.53. The Kier molecular flexibility index (Phi) is 5.34. The van der Waals surface area contributed by atoms with Crippen molar-refractivity contribution < 1.29 is 9.16 Å². The maximum Gasteiger partial charge on any atom is 0.232 e. The Balaban J connectivity index is 2.34. The van der Waals surface area contributed by atoms with E-state index in [1.165, 1.54) is 0 Å². The van der Waals surface area contributed by atoms with Crippen molar-refractivity contribution in [1.82, 2.24) is 19.9 Å². The van der Waals surface area contributed by atoms with E-state index in [2.05, 4.69) is 53.8 Å². The van der Waals surface area contributed by atoms with E-state index in [1.54, 1.807) is 31.9 Å². The van der Waals surface area contributed by atoms with Gasteiger partial charge in [-0.1, -0.05) is 20.8 Å². The zero-order valence-corrected chi connectivity index (χ0v) is 16.5. The van der Waals surface area contributed by atoms with E-state index in [1.807, 2.05) is 6.92 Å². The highest BCUT2D eigenvalue weighted by Crippen LogP contribution is 2.40. The fourth-order valence-electron chi connectivity index (χ4n) is 2.06. The molecule has 0 bridgehead atoms. The predicted octanol–water partition coefficient (Wildman–Crippen LogP) is 4.03. The third-order valence-electron chi connectivity index (χ3n) is 4.47. The molecule has 7 heteroatoms. The normalized spacial score (nSPS) is 13.6. The van der Waals surface area contributed by atoms with Crippen molar-refractivity contribution in [3.63, 3.8) is 0 Å². The number of ether oxygens (including phenoxy) is 1. The first kappa shape index (κ1) is 18.5. The second kappa shape index (κ2) is 6.94. The van der Waals surface area contributed by atoms with Gasteiger partial charge in [-0.25, -0.2) is 9.97 Å². The Morgan fingerprint density at radius 2 is 1.67 bits per heavy atom. The van der Waals surface area contributed by atoms with Crippen LogP contribution in [0.2, 0.25) is 18.1 Å². The summed E-state index contributed by atoms with van der Waals surface area (Å²) in [6.45, 7) is 13.1. The minimum Gasteiger partial charge on any atom is -0.480 e. The minimum atomic E-state index is -1.91. The van der Waals surface area contributed by atoms with E-state index in [-0.39, 0.29) is 11.1 Å². The molecule has 24 heavy (non-hydrogen) atoms. The Morgan fingerprint density at radius 1 is 1.00 bits per heavy atom.